The molecule has 0 unspecified atom stereocenters. The zero-order valence-electron chi connectivity index (χ0n) is 29.2. The Morgan fingerprint density at radius 1 is 0.635 bits per heavy atom. The maximum atomic E-state index is 5.21. The second-order valence-corrected chi connectivity index (χ2v) is 13.9. The van der Waals surface area contributed by atoms with Gasteiger partial charge in [0, 0.05) is 48.2 Å². The molecule has 0 radical (unpaired) electrons. The summed E-state index contributed by atoms with van der Waals surface area (Å²) < 4.78 is 2.53. The Morgan fingerprint density at radius 2 is 1.25 bits per heavy atom. The molecule has 252 valence electrons. The molecule has 4 heteroatoms. The predicted molar refractivity (Wildman–Crippen MR) is 224 cm³/mol. The van der Waals surface area contributed by atoms with Crippen LogP contribution in [0.2, 0.25) is 0 Å². The standard InChI is InChI=1S/C48H39N3S/c1-3-44(36-20-10-5-11-21-36)50-48(37-22-12-6-13-23-37)49-34(2)42-28-17-29-45-47(42)43-31-30-41(33-46(43)52-45)51(39-25-14-7-15-26-39)40-27-16-24-38(32-40)35-18-8-4-9-19-35/h4-16,18-27,29-33H,2-3,17,28H2,1H3/b49-48-,50-44+. The fourth-order valence-corrected chi connectivity index (χ4v) is 8.21. The summed E-state index contributed by atoms with van der Waals surface area (Å²) in [5.41, 5.74) is 10.8. The molecule has 0 atom stereocenters. The normalized spacial score (nSPS) is 13.1. The van der Waals surface area contributed by atoms with Crippen LogP contribution in [-0.2, 0) is 0 Å². The highest BCUT2D eigenvalue weighted by molar-refractivity contribution is 7.17. The zero-order valence-corrected chi connectivity index (χ0v) is 30.1. The minimum Gasteiger partial charge on any atom is -0.310 e. The number of aliphatic imine (C=N–C) groups is 2. The molecule has 0 saturated carbocycles. The Labute approximate surface area is 309 Å². The molecule has 0 aliphatic heterocycles. The highest BCUT2D eigenvalue weighted by atomic mass is 32.1. The van der Waals surface area contributed by atoms with Crippen LogP contribution in [0, 0.1) is 0 Å². The summed E-state index contributed by atoms with van der Waals surface area (Å²) in [6, 6.07) is 57.5. The lowest BCUT2D eigenvalue weighted by molar-refractivity contribution is 1.08. The molecule has 6 aromatic carbocycles. The van der Waals surface area contributed by atoms with Gasteiger partial charge >= 0.3 is 0 Å². The number of rotatable bonds is 9. The minimum absolute atomic E-state index is 0.688. The molecular formula is C48H39N3S. The third-order valence-corrected chi connectivity index (χ3v) is 10.7. The average Bonchev–Trinajstić information content (AvgIpc) is 3.59. The van der Waals surface area contributed by atoms with Crippen molar-refractivity contribution in [3.63, 3.8) is 0 Å². The van der Waals surface area contributed by atoms with Crippen molar-refractivity contribution in [1.29, 1.82) is 0 Å². The molecule has 0 amide bonds. The molecule has 1 aliphatic carbocycles. The number of para-hydroxylation sites is 1. The van der Waals surface area contributed by atoms with Gasteiger partial charge in [0.05, 0.1) is 5.70 Å². The summed E-state index contributed by atoms with van der Waals surface area (Å²) in [6.45, 7) is 6.73. The number of hydrogen-bond acceptors (Lipinski definition) is 3. The highest BCUT2D eigenvalue weighted by Crippen LogP contribution is 2.38. The smallest absolute Gasteiger partial charge is 0.159 e. The van der Waals surface area contributed by atoms with E-state index in [1.165, 1.54) is 36.5 Å². The van der Waals surface area contributed by atoms with Crippen LogP contribution >= 0.6 is 11.3 Å². The van der Waals surface area contributed by atoms with E-state index in [1.54, 1.807) is 0 Å². The Hall–Kier alpha value is -6.10. The fraction of sp³-hybridized carbons (Fsp3) is 0.0833. The van der Waals surface area contributed by atoms with Gasteiger partial charge in [-0.3, -0.25) is 0 Å². The molecule has 0 spiro atoms. The first kappa shape index (κ1) is 33.1. The van der Waals surface area contributed by atoms with E-state index in [0.29, 0.717) is 5.84 Å². The Kier molecular flexibility index (Phi) is 9.55. The number of anilines is 3. The third kappa shape index (κ3) is 6.81. The van der Waals surface area contributed by atoms with Crippen LogP contribution in [0.4, 0.5) is 17.1 Å². The monoisotopic (exact) mass is 689 g/mol. The van der Waals surface area contributed by atoms with Crippen molar-refractivity contribution in [1.82, 2.24) is 0 Å². The van der Waals surface area contributed by atoms with Gasteiger partial charge in [0.25, 0.3) is 0 Å². The van der Waals surface area contributed by atoms with Gasteiger partial charge in [-0.1, -0.05) is 147 Å². The fourth-order valence-electron chi connectivity index (χ4n) is 6.98. The van der Waals surface area contributed by atoms with Crippen LogP contribution in [0.25, 0.3) is 32.9 Å². The number of thiophene rings is 1. The van der Waals surface area contributed by atoms with Crippen LogP contribution < -0.4 is 14.7 Å². The molecule has 1 aliphatic rings. The van der Waals surface area contributed by atoms with E-state index in [0.717, 1.165) is 58.9 Å². The van der Waals surface area contributed by atoms with E-state index >= 15 is 0 Å². The number of fused-ring (bicyclic) bond motifs is 3. The third-order valence-electron chi connectivity index (χ3n) is 9.51. The lowest BCUT2D eigenvalue weighted by Crippen LogP contribution is -2.25. The van der Waals surface area contributed by atoms with Crippen molar-refractivity contribution < 1.29 is 0 Å². The van der Waals surface area contributed by atoms with E-state index in [1.807, 2.05) is 35.6 Å². The molecule has 0 fully saturated rings. The number of hydrogen-bond donors (Lipinski definition) is 0. The van der Waals surface area contributed by atoms with Crippen molar-refractivity contribution in [2.45, 2.75) is 26.2 Å². The summed E-state index contributed by atoms with van der Waals surface area (Å²) in [7, 11) is 0. The van der Waals surface area contributed by atoms with E-state index in [-0.39, 0.29) is 0 Å². The van der Waals surface area contributed by atoms with Gasteiger partial charge in [-0.15, -0.1) is 11.3 Å². The van der Waals surface area contributed by atoms with Crippen molar-refractivity contribution >= 4 is 61.7 Å². The van der Waals surface area contributed by atoms with E-state index < -0.39 is 0 Å². The van der Waals surface area contributed by atoms with E-state index in [4.69, 9.17) is 9.98 Å². The zero-order chi connectivity index (χ0) is 35.3. The van der Waals surface area contributed by atoms with Crippen LogP contribution in [0.5, 0.6) is 0 Å². The molecule has 0 saturated heterocycles. The minimum atomic E-state index is 0.688. The van der Waals surface area contributed by atoms with Crippen molar-refractivity contribution in [2.75, 3.05) is 4.90 Å². The Morgan fingerprint density at radius 3 is 1.96 bits per heavy atom. The first-order valence-electron chi connectivity index (χ1n) is 17.9. The Balaban J connectivity index is 1.24. The second-order valence-electron chi connectivity index (χ2n) is 12.9. The number of benzene rings is 6. The lowest BCUT2D eigenvalue weighted by atomic mass is 9.99. The van der Waals surface area contributed by atoms with Gasteiger partial charge < -0.3 is 4.90 Å². The molecule has 0 bridgehead atoms. The van der Waals surface area contributed by atoms with E-state index in [9.17, 15) is 0 Å². The topological polar surface area (TPSA) is 28.0 Å². The molecule has 1 aromatic heterocycles. The van der Waals surface area contributed by atoms with Gasteiger partial charge in [-0.2, -0.15) is 0 Å². The largest absolute Gasteiger partial charge is 0.310 e. The van der Waals surface area contributed by atoms with Gasteiger partial charge in [0.15, 0.2) is 5.84 Å². The summed E-state index contributed by atoms with van der Waals surface area (Å²) in [5, 5.41) is 2.49. The SMILES string of the molecule is C=C(/N=C(\N=C(/CC)c1ccccc1)c1ccccc1)C1=c2c(sc3cc(N(c4ccccc4)c4cccc(-c5ccccc5)c4)ccc23)=CCC1. The summed E-state index contributed by atoms with van der Waals surface area (Å²) in [4.78, 5) is 12.7. The van der Waals surface area contributed by atoms with Crippen molar-refractivity contribution in [3.8, 4) is 11.1 Å². The van der Waals surface area contributed by atoms with Crippen LogP contribution in [0.15, 0.2) is 186 Å². The van der Waals surface area contributed by atoms with Crippen molar-refractivity contribution in [2.24, 2.45) is 9.98 Å². The summed E-state index contributed by atoms with van der Waals surface area (Å²) >= 11 is 1.85. The van der Waals surface area contributed by atoms with Gasteiger partial charge in [0.1, 0.15) is 0 Å². The quantitative estimate of drug-likeness (QED) is 0.110. The summed E-state index contributed by atoms with van der Waals surface area (Å²) in [5.74, 6) is 0.688. The van der Waals surface area contributed by atoms with Gasteiger partial charge in [-0.05, 0) is 77.9 Å². The van der Waals surface area contributed by atoms with Crippen molar-refractivity contribution in [3.05, 3.63) is 197 Å². The molecular weight excluding hydrogens is 651 g/mol. The van der Waals surface area contributed by atoms with Gasteiger partial charge in [-0.25, -0.2) is 9.98 Å². The number of nitrogens with zero attached hydrogens (tertiary/aromatic N) is 3. The van der Waals surface area contributed by atoms with E-state index in [2.05, 4.69) is 164 Å². The van der Waals surface area contributed by atoms with Crippen LogP contribution in [0.3, 0.4) is 0 Å². The summed E-state index contributed by atoms with van der Waals surface area (Å²) in [6.07, 6.45) is 5.01. The maximum absolute atomic E-state index is 5.21. The first-order chi connectivity index (χ1) is 25.7. The molecule has 8 rings (SSSR count). The molecule has 7 aromatic rings. The molecule has 0 N–H and O–H groups in total. The van der Waals surface area contributed by atoms with Crippen LogP contribution in [0.1, 0.15) is 37.3 Å². The number of amidine groups is 1. The average molecular weight is 690 g/mol. The highest BCUT2D eigenvalue weighted by Gasteiger charge is 2.18. The maximum Gasteiger partial charge on any atom is 0.159 e. The molecule has 1 heterocycles. The Bertz CT molecular complexity index is 2550. The lowest BCUT2D eigenvalue weighted by Gasteiger charge is -2.26. The molecule has 3 nitrogen and oxygen atoms in total. The van der Waals surface area contributed by atoms with Crippen LogP contribution in [-0.4, -0.2) is 11.5 Å². The molecule has 52 heavy (non-hydrogen) atoms. The first-order valence-corrected chi connectivity index (χ1v) is 18.7. The van der Waals surface area contributed by atoms with Gasteiger partial charge in [0.2, 0.25) is 0 Å². The second kappa shape index (κ2) is 15.0. The predicted octanol–water partition coefficient (Wildman–Crippen LogP) is 11.6. The number of allylic oxidation sites excluding steroid dienone is 1.